The first kappa shape index (κ1) is 18.6. The van der Waals surface area contributed by atoms with E-state index >= 15 is 0 Å². The molecule has 0 aliphatic heterocycles. The zero-order valence-corrected chi connectivity index (χ0v) is 16.7. The molecule has 154 valence electrons. The van der Waals surface area contributed by atoms with Gasteiger partial charge in [0.15, 0.2) is 5.75 Å². The van der Waals surface area contributed by atoms with E-state index in [1.54, 1.807) is 34.2 Å². The van der Waals surface area contributed by atoms with Crippen LogP contribution in [0.5, 0.6) is 5.75 Å². The van der Waals surface area contributed by atoms with E-state index in [2.05, 4.69) is 25.5 Å². The van der Waals surface area contributed by atoms with Crippen molar-refractivity contribution in [1.29, 1.82) is 0 Å². The van der Waals surface area contributed by atoms with Crippen LogP contribution in [0.4, 0.5) is 10.5 Å². The van der Waals surface area contributed by atoms with Gasteiger partial charge in [-0.2, -0.15) is 10.2 Å². The van der Waals surface area contributed by atoms with Crippen LogP contribution in [0.3, 0.4) is 0 Å². The summed E-state index contributed by atoms with van der Waals surface area (Å²) in [4.78, 5) is 19.9. The normalized spacial score (nSPS) is 11.0. The van der Waals surface area contributed by atoms with Gasteiger partial charge < -0.3 is 9.72 Å². The average molecular weight is 413 g/mol. The maximum Gasteiger partial charge on any atom is 0.417 e. The summed E-state index contributed by atoms with van der Waals surface area (Å²) in [5.41, 5.74) is 4.20. The Bertz CT molecular complexity index is 1350. The van der Waals surface area contributed by atoms with Crippen LogP contribution in [0.2, 0.25) is 0 Å². The van der Waals surface area contributed by atoms with E-state index in [-0.39, 0.29) is 0 Å². The lowest BCUT2D eigenvalue weighted by atomic mass is 10.1. The molecule has 31 heavy (non-hydrogen) atoms. The number of aryl methyl sites for hydroxylation is 1. The summed E-state index contributed by atoms with van der Waals surface area (Å²) < 4.78 is 8.84. The van der Waals surface area contributed by atoms with Gasteiger partial charge in [-0.15, -0.1) is 0 Å². The van der Waals surface area contributed by atoms with Crippen LogP contribution in [-0.2, 0) is 13.6 Å². The lowest BCUT2D eigenvalue weighted by Gasteiger charge is -2.04. The maximum absolute atomic E-state index is 12.4. The minimum atomic E-state index is -0.605. The molecular weight excluding hydrogens is 394 g/mol. The van der Waals surface area contributed by atoms with Gasteiger partial charge in [0.1, 0.15) is 5.65 Å². The Morgan fingerprint density at radius 3 is 2.77 bits per heavy atom. The highest BCUT2D eigenvalue weighted by atomic mass is 16.6. The smallest absolute Gasteiger partial charge is 0.407 e. The Kier molecular flexibility index (Phi) is 4.68. The zero-order valence-electron chi connectivity index (χ0n) is 16.7. The number of fused-ring (bicyclic) bond motifs is 1. The Labute approximate surface area is 177 Å². The molecular formula is C22H19N7O2. The molecule has 4 aromatic heterocycles. The second-order valence-corrected chi connectivity index (χ2v) is 7.10. The third kappa shape index (κ3) is 4.01. The van der Waals surface area contributed by atoms with Crippen molar-refractivity contribution in [2.75, 3.05) is 5.32 Å². The molecule has 0 atom stereocenters. The molecule has 0 aliphatic rings. The van der Waals surface area contributed by atoms with E-state index in [0.29, 0.717) is 23.6 Å². The van der Waals surface area contributed by atoms with Crippen LogP contribution >= 0.6 is 0 Å². The highest BCUT2D eigenvalue weighted by molar-refractivity contribution is 5.99. The third-order valence-electron chi connectivity index (χ3n) is 4.81. The van der Waals surface area contributed by atoms with Gasteiger partial charge in [0.2, 0.25) is 0 Å². The lowest BCUT2D eigenvalue weighted by molar-refractivity contribution is 0.215. The Morgan fingerprint density at radius 1 is 1.10 bits per heavy atom. The fraction of sp³-hybridized carbons (Fsp3) is 0.0909. The van der Waals surface area contributed by atoms with E-state index in [9.17, 15) is 4.79 Å². The second kappa shape index (κ2) is 7.79. The van der Waals surface area contributed by atoms with Crippen molar-refractivity contribution in [2.24, 2.45) is 7.05 Å². The summed E-state index contributed by atoms with van der Waals surface area (Å²) in [6.45, 7) is 0.594. The largest absolute Gasteiger partial charge is 0.417 e. The molecule has 0 saturated heterocycles. The standard InChI is InChI=1S/C22H19N7O2/c1-28-13-17(9-25-28)16-7-19-20(11-24-21(19)23-8-16)27-22(30)31-18-10-26-29(14-18)12-15-5-3-2-4-6-15/h2-11,13-14H,12H2,1H3,(H,23,24)(H,27,30). The molecule has 5 rings (SSSR count). The Morgan fingerprint density at radius 2 is 1.97 bits per heavy atom. The first-order valence-corrected chi connectivity index (χ1v) is 9.65. The number of amides is 1. The number of hydrogen-bond donors (Lipinski definition) is 2. The molecule has 1 aromatic carbocycles. The van der Waals surface area contributed by atoms with Crippen molar-refractivity contribution in [3.8, 4) is 16.9 Å². The van der Waals surface area contributed by atoms with Crippen molar-refractivity contribution in [3.05, 3.63) is 79.1 Å². The Hall–Kier alpha value is -4.40. The van der Waals surface area contributed by atoms with Gasteiger partial charge >= 0.3 is 6.09 Å². The number of rotatable bonds is 5. The number of anilines is 1. The van der Waals surface area contributed by atoms with Gasteiger partial charge in [-0.3, -0.25) is 14.7 Å². The lowest BCUT2D eigenvalue weighted by Crippen LogP contribution is -2.16. The number of carbonyl (C=O) groups is 1. The van der Waals surface area contributed by atoms with Gasteiger partial charge in [-0.25, -0.2) is 9.78 Å². The SMILES string of the molecule is Cn1cc(-c2cnc3[nH]cc(NC(=O)Oc4cnn(Cc5ccccc5)c4)c3c2)cn1. The molecule has 9 nitrogen and oxygen atoms in total. The fourth-order valence-electron chi connectivity index (χ4n) is 3.33. The van der Waals surface area contributed by atoms with Crippen molar-refractivity contribution >= 4 is 22.8 Å². The van der Waals surface area contributed by atoms with E-state index in [0.717, 1.165) is 22.1 Å². The summed E-state index contributed by atoms with van der Waals surface area (Å²) in [6.07, 6.45) is 9.72. The number of carbonyl (C=O) groups excluding carboxylic acids is 1. The number of pyridine rings is 1. The minimum absolute atomic E-state index is 0.363. The van der Waals surface area contributed by atoms with Crippen molar-refractivity contribution in [2.45, 2.75) is 6.54 Å². The van der Waals surface area contributed by atoms with Gasteiger partial charge in [0.05, 0.1) is 30.8 Å². The molecule has 2 N–H and O–H groups in total. The van der Waals surface area contributed by atoms with Crippen LogP contribution in [0.15, 0.2) is 73.6 Å². The predicted molar refractivity (Wildman–Crippen MR) is 116 cm³/mol. The van der Waals surface area contributed by atoms with Crippen LogP contribution in [0.1, 0.15) is 5.56 Å². The quantitative estimate of drug-likeness (QED) is 0.456. The first-order valence-electron chi connectivity index (χ1n) is 9.65. The molecule has 9 heteroatoms. The van der Waals surface area contributed by atoms with Crippen LogP contribution in [0, 0.1) is 0 Å². The number of hydrogen-bond acceptors (Lipinski definition) is 5. The van der Waals surface area contributed by atoms with Gasteiger partial charge in [0, 0.05) is 42.2 Å². The molecule has 0 radical (unpaired) electrons. The van der Waals surface area contributed by atoms with Gasteiger partial charge in [-0.1, -0.05) is 30.3 Å². The van der Waals surface area contributed by atoms with Crippen LogP contribution < -0.4 is 10.1 Å². The Balaban J connectivity index is 1.29. The summed E-state index contributed by atoms with van der Waals surface area (Å²) in [5.74, 6) is 0.363. The highest BCUT2D eigenvalue weighted by Gasteiger charge is 2.13. The molecule has 0 bridgehead atoms. The number of nitrogens with zero attached hydrogens (tertiary/aromatic N) is 5. The molecule has 1 amide bonds. The van der Waals surface area contributed by atoms with Gasteiger partial charge in [-0.05, 0) is 11.6 Å². The molecule has 5 aromatic rings. The number of ether oxygens (including phenoxy) is 1. The molecule has 0 saturated carbocycles. The average Bonchev–Trinajstić information content (AvgIpc) is 3.49. The third-order valence-corrected chi connectivity index (χ3v) is 4.81. The molecule has 0 fully saturated rings. The van der Waals surface area contributed by atoms with E-state index < -0.39 is 6.09 Å². The van der Waals surface area contributed by atoms with Crippen molar-refractivity contribution in [3.63, 3.8) is 0 Å². The van der Waals surface area contributed by atoms with Gasteiger partial charge in [0.25, 0.3) is 0 Å². The highest BCUT2D eigenvalue weighted by Crippen LogP contribution is 2.27. The van der Waals surface area contributed by atoms with E-state index in [4.69, 9.17) is 4.74 Å². The second-order valence-electron chi connectivity index (χ2n) is 7.10. The van der Waals surface area contributed by atoms with Crippen molar-refractivity contribution < 1.29 is 9.53 Å². The minimum Gasteiger partial charge on any atom is -0.407 e. The van der Waals surface area contributed by atoms with Crippen LogP contribution in [0.25, 0.3) is 22.2 Å². The predicted octanol–water partition coefficient (Wildman–Crippen LogP) is 3.82. The monoisotopic (exact) mass is 413 g/mol. The number of aromatic amines is 1. The number of benzene rings is 1. The van der Waals surface area contributed by atoms with Crippen LogP contribution in [-0.4, -0.2) is 35.6 Å². The molecule has 0 spiro atoms. The summed E-state index contributed by atoms with van der Waals surface area (Å²) in [6, 6.07) is 11.9. The summed E-state index contributed by atoms with van der Waals surface area (Å²) >= 11 is 0. The van der Waals surface area contributed by atoms with Crippen molar-refractivity contribution in [1.82, 2.24) is 29.5 Å². The topological polar surface area (TPSA) is 103 Å². The summed E-state index contributed by atoms with van der Waals surface area (Å²) in [5, 5.41) is 12.0. The zero-order chi connectivity index (χ0) is 21.2. The molecule has 0 aliphatic carbocycles. The molecule has 4 heterocycles. The first-order chi connectivity index (χ1) is 15.1. The fourth-order valence-corrected chi connectivity index (χ4v) is 3.33. The summed E-state index contributed by atoms with van der Waals surface area (Å²) in [7, 11) is 1.86. The van der Waals surface area contributed by atoms with E-state index in [1.807, 2.05) is 49.6 Å². The number of nitrogens with one attached hydrogen (secondary N) is 2. The van der Waals surface area contributed by atoms with E-state index in [1.165, 1.54) is 6.20 Å². The number of aromatic nitrogens is 6. The molecule has 0 unspecified atom stereocenters. The maximum atomic E-state index is 12.4. The number of H-pyrrole nitrogens is 1.